The van der Waals surface area contributed by atoms with Gasteiger partial charge in [0.1, 0.15) is 5.75 Å². The highest BCUT2D eigenvalue weighted by Crippen LogP contribution is 2.16. The first-order chi connectivity index (χ1) is 10.1. The molecule has 0 aromatic heterocycles. The number of rotatable bonds is 6. The highest BCUT2D eigenvalue weighted by Gasteiger charge is 2.17. The van der Waals surface area contributed by atoms with Crippen LogP contribution in [0.25, 0.3) is 0 Å². The third-order valence-corrected chi connectivity index (χ3v) is 4.08. The number of carbonyl (C=O) groups excluding carboxylic acids is 1. The van der Waals surface area contributed by atoms with Gasteiger partial charge < -0.3 is 14.7 Å². The summed E-state index contributed by atoms with van der Waals surface area (Å²) in [5, 5.41) is 9.19. The molecule has 4 nitrogen and oxygen atoms in total. The van der Waals surface area contributed by atoms with Crippen molar-refractivity contribution in [1.29, 1.82) is 0 Å². The molecule has 1 fully saturated rings. The van der Waals surface area contributed by atoms with Crippen LogP contribution in [0.3, 0.4) is 0 Å². The van der Waals surface area contributed by atoms with Crippen LogP contribution in [0.4, 0.5) is 0 Å². The molecular formula is C17H25NO3. The molecule has 0 radical (unpaired) electrons. The van der Waals surface area contributed by atoms with Crippen molar-refractivity contribution < 1.29 is 14.6 Å². The van der Waals surface area contributed by atoms with Gasteiger partial charge in [-0.3, -0.25) is 4.79 Å². The smallest absolute Gasteiger partial charge is 0.310 e. The number of phenols is 1. The molecule has 0 bridgehead atoms. The molecule has 1 aromatic carbocycles. The van der Waals surface area contributed by atoms with E-state index in [2.05, 4.69) is 11.8 Å². The third kappa shape index (κ3) is 5.38. The largest absolute Gasteiger partial charge is 0.508 e. The minimum Gasteiger partial charge on any atom is -0.508 e. The Morgan fingerprint density at radius 3 is 2.81 bits per heavy atom. The van der Waals surface area contributed by atoms with E-state index in [1.807, 2.05) is 0 Å². The minimum absolute atomic E-state index is 0.201. The first-order valence-corrected chi connectivity index (χ1v) is 7.83. The summed E-state index contributed by atoms with van der Waals surface area (Å²) in [4.78, 5) is 14.2. The van der Waals surface area contributed by atoms with E-state index in [0.717, 1.165) is 18.5 Å². The van der Waals surface area contributed by atoms with Crippen molar-refractivity contribution in [2.75, 3.05) is 19.7 Å². The Bertz CT molecular complexity index is 444. The van der Waals surface area contributed by atoms with Crippen LogP contribution in [-0.2, 0) is 16.0 Å². The summed E-state index contributed by atoms with van der Waals surface area (Å²) in [5.74, 6) is 0.00940. The lowest BCUT2D eigenvalue weighted by atomic mass is 10.0. The van der Waals surface area contributed by atoms with E-state index in [-0.39, 0.29) is 18.1 Å². The normalized spacial score (nSPS) is 19.4. The van der Waals surface area contributed by atoms with E-state index in [0.29, 0.717) is 12.6 Å². The zero-order valence-corrected chi connectivity index (χ0v) is 12.8. The van der Waals surface area contributed by atoms with Gasteiger partial charge in [-0.05, 0) is 50.4 Å². The van der Waals surface area contributed by atoms with Gasteiger partial charge in [-0.25, -0.2) is 0 Å². The fourth-order valence-electron chi connectivity index (χ4n) is 2.77. The summed E-state index contributed by atoms with van der Waals surface area (Å²) in [6, 6.07) is 7.31. The Balaban J connectivity index is 1.61. The van der Waals surface area contributed by atoms with Gasteiger partial charge in [-0.15, -0.1) is 0 Å². The maximum absolute atomic E-state index is 11.7. The van der Waals surface area contributed by atoms with Gasteiger partial charge in [-0.2, -0.15) is 0 Å². The molecule has 1 aliphatic heterocycles. The van der Waals surface area contributed by atoms with Crippen LogP contribution in [0.5, 0.6) is 5.75 Å². The van der Waals surface area contributed by atoms with Crippen LogP contribution in [0.15, 0.2) is 24.3 Å². The van der Waals surface area contributed by atoms with Crippen molar-refractivity contribution in [3.63, 3.8) is 0 Å². The first-order valence-electron chi connectivity index (χ1n) is 7.83. The Morgan fingerprint density at radius 2 is 2.10 bits per heavy atom. The number of phenolic OH excluding ortho intramolecular Hbond substituents is 1. The molecule has 0 spiro atoms. The number of benzene rings is 1. The molecule has 0 amide bonds. The molecule has 1 unspecified atom stereocenters. The van der Waals surface area contributed by atoms with Crippen LogP contribution in [0.1, 0.15) is 38.2 Å². The van der Waals surface area contributed by atoms with Crippen molar-refractivity contribution in [3.05, 3.63) is 29.8 Å². The monoisotopic (exact) mass is 291 g/mol. The first kappa shape index (κ1) is 15.8. The van der Waals surface area contributed by atoms with E-state index < -0.39 is 0 Å². The molecule has 2 rings (SSSR count). The van der Waals surface area contributed by atoms with Gasteiger partial charge in [0.15, 0.2) is 0 Å². The molecule has 4 heteroatoms. The van der Waals surface area contributed by atoms with Gasteiger partial charge in [0, 0.05) is 12.6 Å². The lowest BCUT2D eigenvalue weighted by molar-refractivity contribution is -0.143. The maximum Gasteiger partial charge on any atom is 0.310 e. The summed E-state index contributed by atoms with van der Waals surface area (Å²) >= 11 is 0. The second-order valence-corrected chi connectivity index (χ2v) is 5.80. The van der Waals surface area contributed by atoms with E-state index in [9.17, 15) is 9.90 Å². The van der Waals surface area contributed by atoms with Crippen LogP contribution >= 0.6 is 0 Å². The summed E-state index contributed by atoms with van der Waals surface area (Å²) in [6.45, 7) is 4.94. The van der Waals surface area contributed by atoms with Crippen molar-refractivity contribution in [3.8, 4) is 5.75 Å². The average molecular weight is 291 g/mol. The zero-order chi connectivity index (χ0) is 15.1. The number of carbonyl (C=O) groups is 1. The van der Waals surface area contributed by atoms with Crippen LogP contribution < -0.4 is 0 Å². The van der Waals surface area contributed by atoms with Gasteiger partial charge in [0.2, 0.25) is 0 Å². The van der Waals surface area contributed by atoms with Crippen molar-refractivity contribution in [2.24, 2.45) is 0 Å². The fourth-order valence-corrected chi connectivity index (χ4v) is 2.77. The van der Waals surface area contributed by atoms with E-state index >= 15 is 0 Å². The molecule has 1 atom stereocenters. The van der Waals surface area contributed by atoms with Gasteiger partial charge >= 0.3 is 5.97 Å². The number of ether oxygens (including phenoxy) is 1. The molecule has 21 heavy (non-hydrogen) atoms. The SMILES string of the molecule is CC1CCCCN1CCCOC(=O)Cc1ccc(O)cc1. The van der Waals surface area contributed by atoms with Crippen molar-refractivity contribution >= 4 is 5.97 Å². The number of likely N-dealkylation sites (tertiary alicyclic amines) is 1. The van der Waals surface area contributed by atoms with Gasteiger partial charge in [-0.1, -0.05) is 18.6 Å². The van der Waals surface area contributed by atoms with Crippen molar-refractivity contribution in [2.45, 2.75) is 45.1 Å². The number of piperidine rings is 1. The Kier molecular flexibility index (Phi) is 6.05. The van der Waals surface area contributed by atoms with Gasteiger partial charge in [0.05, 0.1) is 13.0 Å². The van der Waals surface area contributed by atoms with Crippen LogP contribution in [0, 0.1) is 0 Å². The number of hydrogen-bond donors (Lipinski definition) is 1. The highest BCUT2D eigenvalue weighted by molar-refractivity contribution is 5.72. The molecule has 1 saturated heterocycles. The minimum atomic E-state index is -0.201. The molecule has 1 heterocycles. The summed E-state index contributed by atoms with van der Waals surface area (Å²) in [6.07, 6.45) is 5.05. The maximum atomic E-state index is 11.7. The summed E-state index contributed by atoms with van der Waals surface area (Å²) in [5.41, 5.74) is 0.863. The lowest BCUT2D eigenvalue weighted by Crippen LogP contribution is -2.38. The molecule has 1 aliphatic rings. The second kappa shape index (κ2) is 8.03. The molecule has 0 saturated carbocycles. The molecule has 1 N–H and O–H groups in total. The predicted octanol–water partition coefficient (Wildman–Crippen LogP) is 2.74. The van der Waals surface area contributed by atoms with Crippen molar-refractivity contribution in [1.82, 2.24) is 4.90 Å². The van der Waals surface area contributed by atoms with E-state index in [4.69, 9.17) is 4.74 Å². The summed E-state index contributed by atoms with van der Waals surface area (Å²) in [7, 11) is 0. The van der Waals surface area contributed by atoms with Crippen LogP contribution in [-0.4, -0.2) is 41.7 Å². The number of hydrogen-bond acceptors (Lipinski definition) is 4. The number of aromatic hydroxyl groups is 1. The van der Waals surface area contributed by atoms with Gasteiger partial charge in [0.25, 0.3) is 0 Å². The standard InChI is InChI=1S/C17H25NO3/c1-14-5-2-3-10-18(14)11-4-12-21-17(20)13-15-6-8-16(19)9-7-15/h6-9,14,19H,2-5,10-13H2,1H3. The topological polar surface area (TPSA) is 49.8 Å². The molecule has 0 aliphatic carbocycles. The number of nitrogens with zero attached hydrogens (tertiary/aromatic N) is 1. The third-order valence-electron chi connectivity index (χ3n) is 4.08. The summed E-state index contributed by atoms with van der Waals surface area (Å²) < 4.78 is 5.27. The lowest BCUT2D eigenvalue weighted by Gasteiger charge is -2.33. The predicted molar refractivity (Wildman–Crippen MR) is 82.3 cm³/mol. The molecule has 116 valence electrons. The van der Waals surface area contributed by atoms with Crippen LogP contribution in [0.2, 0.25) is 0 Å². The number of esters is 1. The van der Waals surface area contributed by atoms with E-state index in [1.165, 1.54) is 25.8 Å². The fraction of sp³-hybridized carbons (Fsp3) is 0.588. The molecular weight excluding hydrogens is 266 g/mol. The Labute approximate surface area is 126 Å². The Hall–Kier alpha value is -1.55. The Morgan fingerprint density at radius 1 is 1.33 bits per heavy atom. The molecule has 1 aromatic rings. The zero-order valence-electron chi connectivity index (χ0n) is 12.8. The highest BCUT2D eigenvalue weighted by atomic mass is 16.5. The average Bonchev–Trinajstić information content (AvgIpc) is 2.48. The van der Waals surface area contributed by atoms with E-state index in [1.54, 1.807) is 24.3 Å². The second-order valence-electron chi connectivity index (χ2n) is 5.80. The quantitative estimate of drug-likeness (QED) is 0.647.